The first kappa shape index (κ1) is 44.5. The van der Waals surface area contributed by atoms with Gasteiger partial charge >= 0.3 is 6.03 Å². The molecule has 6 N–H and O–H groups in total. The number of primary amides is 1. The Morgan fingerprint density at radius 1 is 1.02 bits per heavy atom. The summed E-state index contributed by atoms with van der Waals surface area (Å²) in [7, 11) is 0. The van der Waals surface area contributed by atoms with E-state index >= 15 is 0 Å². The standard InChI is InChI=1S/C40H60N6O6S2/c1-7-20-40(6,8-2)54-32-25-34(48)46(38(32)51)22-11-9-10-17-33(47)45-35(26(3)4)37(50)44-31(16-13-21-42-39(41)52)36(49)43-29-15-12-14-28(23-29)24-30-19-18-27(5)53-30/h12,14-15,18-19,23,26,31-32,35H,7-11,13,16-17,20-22,24-25H2,1-6H3,(H,43,49)(H,44,50)(H,45,47)(H3,41,42,52)/t31-,32?,35-,40?/m0/s1. The lowest BCUT2D eigenvalue weighted by Gasteiger charge is -2.29. The smallest absolute Gasteiger partial charge is 0.312 e. The number of carbonyl (C=O) groups excluding carboxylic acids is 6. The van der Waals surface area contributed by atoms with Crippen LogP contribution in [0.3, 0.4) is 0 Å². The summed E-state index contributed by atoms with van der Waals surface area (Å²) in [4.78, 5) is 80.9. The van der Waals surface area contributed by atoms with E-state index in [1.54, 1.807) is 29.2 Å². The number of anilines is 1. The molecule has 54 heavy (non-hydrogen) atoms. The molecule has 12 nitrogen and oxygen atoms in total. The SMILES string of the molecule is CCCC(C)(CC)SC1CC(=O)N(CCCCCC(=O)N[C@H](C(=O)N[C@@H](CCCNC(N)=O)C(=O)Nc2cccc(Cc3ccc(C)s3)c2)C(C)C)C1=O. The second kappa shape index (κ2) is 21.8. The number of urea groups is 1. The second-order valence-corrected chi connectivity index (χ2v) is 17.9. The molecule has 1 aliphatic heterocycles. The summed E-state index contributed by atoms with van der Waals surface area (Å²) in [6.07, 6.45) is 6.44. The van der Waals surface area contributed by atoms with Crippen molar-refractivity contribution in [2.24, 2.45) is 11.7 Å². The van der Waals surface area contributed by atoms with E-state index in [9.17, 15) is 28.8 Å². The number of aryl methyl sites for hydroxylation is 1. The van der Waals surface area contributed by atoms with Gasteiger partial charge in [0.1, 0.15) is 12.1 Å². The van der Waals surface area contributed by atoms with Crippen LogP contribution in [-0.2, 0) is 30.4 Å². The predicted octanol–water partition coefficient (Wildman–Crippen LogP) is 6.05. The molecule has 7 amide bonds. The Morgan fingerprint density at radius 2 is 1.78 bits per heavy atom. The third-order valence-corrected chi connectivity index (χ3v) is 12.4. The van der Waals surface area contributed by atoms with Crippen LogP contribution in [-0.4, -0.2) is 75.6 Å². The molecule has 1 aliphatic rings. The fourth-order valence-electron chi connectivity index (χ4n) is 6.50. The molecule has 0 saturated carbocycles. The molecule has 0 spiro atoms. The van der Waals surface area contributed by atoms with Crippen molar-refractivity contribution >= 4 is 64.4 Å². The first-order valence-electron chi connectivity index (χ1n) is 19.2. The highest BCUT2D eigenvalue weighted by molar-refractivity contribution is 8.02. The van der Waals surface area contributed by atoms with Gasteiger partial charge in [0.25, 0.3) is 0 Å². The van der Waals surface area contributed by atoms with Crippen molar-refractivity contribution in [3.8, 4) is 0 Å². The van der Waals surface area contributed by atoms with Gasteiger partial charge in [-0.15, -0.1) is 23.1 Å². The van der Waals surface area contributed by atoms with Gasteiger partial charge in [-0.1, -0.05) is 59.6 Å². The highest BCUT2D eigenvalue weighted by Crippen LogP contribution is 2.40. The van der Waals surface area contributed by atoms with E-state index < -0.39 is 29.9 Å². The molecule has 0 aliphatic carbocycles. The third kappa shape index (κ3) is 14.4. The monoisotopic (exact) mass is 784 g/mol. The number of hydrogen-bond donors (Lipinski definition) is 5. The van der Waals surface area contributed by atoms with E-state index in [-0.39, 0.29) is 59.4 Å². The topological polar surface area (TPSA) is 180 Å². The zero-order chi connectivity index (χ0) is 39.8. The normalized spacial score (nSPS) is 16.5. The minimum absolute atomic E-state index is 0.0311. The number of nitrogens with two attached hydrogens (primary N) is 1. The van der Waals surface area contributed by atoms with Crippen LogP contribution >= 0.6 is 23.1 Å². The summed E-state index contributed by atoms with van der Waals surface area (Å²) in [5.41, 5.74) is 6.83. The molecule has 4 atom stereocenters. The van der Waals surface area contributed by atoms with Crippen LogP contribution in [0.2, 0.25) is 0 Å². The lowest BCUT2D eigenvalue weighted by atomic mass is 10.0. The first-order chi connectivity index (χ1) is 25.6. The first-order valence-corrected chi connectivity index (χ1v) is 20.9. The van der Waals surface area contributed by atoms with Crippen LogP contribution in [0.1, 0.15) is 114 Å². The molecule has 0 bridgehead atoms. The molecule has 2 aromatic rings. The predicted molar refractivity (Wildman–Crippen MR) is 217 cm³/mol. The number of rotatable bonds is 23. The van der Waals surface area contributed by atoms with Crippen molar-refractivity contribution in [1.82, 2.24) is 20.9 Å². The molecule has 1 aromatic heterocycles. The van der Waals surface area contributed by atoms with Gasteiger partial charge in [-0.25, -0.2) is 4.79 Å². The van der Waals surface area contributed by atoms with Gasteiger partial charge in [-0.05, 0) is 81.2 Å². The van der Waals surface area contributed by atoms with Gasteiger partial charge in [0.15, 0.2) is 0 Å². The number of benzene rings is 1. The number of unbranched alkanes of at least 4 members (excludes halogenated alkanes) is 2. The second-order valence-electron chi connectivity index (χ2n) is 14.7. The Balaban J connectivity index is 1.53. The number of imide groups is 1. The Bertz CT molecular complexity index is 1600. The van der Waals surface area contributed by atoms with Gasteiger partial charge in [0.2, 0.25) is 29.5 Å². The highest BCUT2D eigenvalue weighted by atomic mass is 32.2. The van der Waals surface area contributed by atoms with E-state index in [0.717, 1.165) is 31.2 Å². The maximum Gasteiger partial charge on any atom is 0.312 e. The maximum absolute atomic E-state index is 13.6. The van der Waals surface area contributed by atoms with Crippen LogP contribution in [0.15, 0.2) is 36.4 Å². The molecule has 1 fully saturated rings. The fourth-order valence-corrected chi connectivity index (χ4v) is 9.06. The van der Waals surface area contributed by atoms with E-state index in [1.807, 2.05) is 32.0 Å². The van der Waals surface area contributed by atoms with Crippen LogP contribution in [0.5, 0.6) is 0 Å². The van der Waals surface area contributed by atoms with Crippen LogP contribution in [0.4, 0.5) is 10.5 Å². The van der Waals surface area contributed by atoms with Gasteiger partial charge < -0.3 is 27.0 Å². The zero-order valence-electron chi connectivity index (χ0n) is 32.8. The molecule has 1 aromatic carbocycles. The summed E-state index contributed by atoms with van der Waals surface area (Å²) in [6, 6.07) is 9.23. The molecule has 2 heterocycles. The van der Waals surface area contributed by atoms with E-state index in [2.05, 4.69) is 61.1 Å². The Hall–Kier alpha value is -3.91. The van der Waals surface area contributed by atoms with Gasteiger partial charge in [-0.3, -0.25) is 28.9 Å². The molecular formula is C40H60N6O6S2. The maximum atomic E-state index is 13.6. The molecule has 2 unspecified atom stereocenters. The Kier molecular flexibility index (Phi) is 18.0. The van der Waals surface area contributed by atoms with E-state index in [1.165, 1.54) is 14.7 Å². The molecular weight excluding hydrogens is 725 g/mol. The summed E-state index contributed by atoms with van der Waals surface area (Å²) in [6.45, 7) is 12.7. The lowest BCUT2D eigenvalue weighted by molar-refractivity contribution is -0.138. The Labute approximate surface area is 328 Å². The molecule has 1 saturated heterocycles. The molecule has 14 heteroatoms. The summed E-state index contributed by atoms with van der Waals surface area (Å²) < 4.78 is -0.0311. The average Bonchev–Trinajstić information content (AvgIpc) is 3.64. The van der Waals surface area contributed by atoms with Crippen LogP contribution in [0, 0.1) is 12.8 Å². The van der Waals surface area contributed by atoms with Crippen LogP contribution in [0.25, 0.3) is 0 Å². The van der Waals surface area contributed by atoms with Crippen molar-refractivity contribution < 1.29 is 28.8 Å². The Morgan fingerprint density at radius 3 is 2.43 bits per heavy atom. The summed E-state index contributed by atoms with van der Waals surface area (Å²) >= 11 is 3.35. The minimum atomic E-state index is -0.940. The van der Waals surface area contributed by atoms with Crippen molar-refractivity contribution in [2.45, 2.75) is 134 Å². The number of thioether (sulfide) groups is 1. The quantitative estimate of drug-likeness (QED) is 0.0672. The number of likely N-dealkylation sites (tertiary alicyclic amines) is 1. The van der Waals surface area contributed by atoms with Gasteiger partial charge in [0, 0.05) is 52.5 Å². The highest BCUT2D eigenvalue weighted by Gasteiger charge is 2.42. The molecule has 0 radical (unpaired) electrons. The van der Waals surface area contributed by atoms with Crippen molar-refractivity contribution in [1.29, 1.82) is 0 Å². The molecule has 298 valence electrons. The fraction of sp³-hybridized carbons (Fsp3) is 0.600. The summed E-state index contributed by atoms with van der Waals surface area (Å²) in [5.74, 6) is -1.71. The van der Waals surface area contributed by atoms with Crippen LogP contribution < -0.4 is 27.0 Å². The minimum Gasteiger partial charge on any atom is -0.352 e. The van der Waals surface area contributed by atoms with Gasteiger partial charge in [-0.2, -0.15) is 0 Å². The van der Waals surface area contributed by atoms with Crippen molar-refractivity contribution in [2.75, 3.05) is 18.4 Å². The average molecular weight is 785 g/mol. The largest absolute Gasteiger partial charge is 0.352 e. The number of hydrogen-bond acceptors (Lipinski definition) is 8. The number of amides is 7. The number of nitrogens with one attached hydrogen (secondary N) is 4. The zero-order valence-corrected chi connectivity index (χ0v) is 34.4. The van der Waals surface area contributed by atoms with E-state index in [0.29, 0.717) is 37.9 Å². The summed E-state index contributed by atoms with van der Waals surface area (Å²) in [5, 5.41) is 10.8. The van der Waals surface area contributed by atoms with Crippen molar-refractivity contribution in [3.63, 3.8) is 0 Å². The third-order valence-electron chi connectivity index (χ3n) is 9.68. The number of carbonyl (C=O) groups is 6. The van der Waals surface area contributed by atoms with Crippen molar-refractivity contribution in [3.05, 3.63) is 51.7 Å². The van der Waals surface area contributed by atoms with E-state index in [4.69, 9.17) is 5.73 Å². The number of thiophene rings is 1. The molecule has 3 rings (SSSR count). The number of nitrogens with zero attached hydrogens (tertiary/aromatic N) is 1. The van der Waals surface area contributed by atoms with Gasteiger partial charge in [0.05, 0.1) is 5.25 Å². The lowest BCUT2D eigenvalue weighted by Crippen LogP contribution is -2.54.